The third kappa shape index (κ3) is 0.909. The van der Waals surface area contributed by atoms with Crippen LogP contribution in [0.15, 0.2) is 0 Å². The maximum absolute atomic E-state index is 11.5. The fourth-order valence-electron chi connectivity index (χ4n) is 1.91. The molecular weight excluding hydrogens is 150 g/mol. The minimum atomic E-state index is 0.318. The predicted molar refractivity (Wildman–Crippen MR) is 47.5 cm³/mol. The van der Waals surface area contributed by atoms with Gasteiger partial charge in [0.25, 0.3) is 0 Å². The first-order valence-corrected chi connectivity index (χ1v) is 4.41. The minimum Gasteiger partial charge on any atom is -0.362 e. The molecule has 64 valence electrons. The number of Topliss-reactive ketones (excluding diaryl/α,β-unsaturated/α-hetero) is 1. The van der Waals surface area contributed by atoms with Gasteiger partial charge in [0.15, 0.2) is 5.78 Å². The molecule has 0 unspecified atom stereocenters. The molecule has 1 aliphatic rings. The third-order valence-electron chi connectivity index (χ3n) is 2.69. The maximum Gasteiger partial charge on any atom is 0.164 e. The van der Waals surface area contributed by atoms with Crippen molar-refractivity contribution < 1.29 is 4.79 Å². The van der Waals surface area contributed by atoms with Gasteiger partial charge < -0.3 is 4.98 Å². The van der Waals surface area contributed by atoms with E-state index in [0.717, 1.165) is 41.8 Å². The summed E-state index contributed by atoms with van der Waals surface area (Å²) in [4.78, 5) is 14.8. The van der Waals surface area contributed by atoms with Crippen LogP contribution in [0.3, 0.4) is 0 Å². The van der Waals surface area contributed by atoms with Crippen molar-refractivity contribution in [3.63, 3.8) is 0 Å². The van der Waals surface area contributed by atoms with Crippen LogP contribution in [0.1, 0.15) is 40.2 Å². The maximum atomic E-state index is 11.5. The van der Waals surface area contributed by atoms with Crippen LogP contribution in [0, 0.1) is 13.8 Å². The van der Waals surface area contributed by atoms with Gasteiger partial charge in [0.05, 0.1) is 0 Å². The summed E-state index contributed by atoms with van der Waals surface area (Å²) in [5.74, 6) is 0.318. The Kier molecular flexibility index (Phi) is 1.56. The van der Waals surface area contributed by atoms with Crippen LogP contribution in [0.5, 0.6) is 0 Å². The van der Waals surface area contributed by atoms with E-state index >= 15 is 0 Å². The van der Waals surface area contributed by atoms with Gasteiger partial charge >= 0.3 is 0 Å². The van der Waals surface area contributed by atoms with Crippen LogP contribution in [-0.4, -0.2) is 10.8 Å². The molecule has 1 aliphatic carbocycles. The Balaban J connectivity index is 2.61. The molecule has 0 radical (unpaired) electrons. The second-order valence-corrected chi connectivity index (χ2v) is 3.51. The molecule has 2 rings (SSSR count). The van der Waals surface area contributed by atoms with Crippen molar-refractivity contribution in [3.8, 4) is 0 Å². The van der Waals surface area contributed by atoms with Crippen LogP contribution in [0.25, 0.3) is 0 Å². The van der Waals surface area contributed by atoms with Crippen LogP contribution in [-0.2, 0) is 6.42 Å². The largest absolute Gasteiger partial charge is 0.362 e. The van der Waals surface area contributed by atoms with E-state index < -0.39 is 0 Å². The lowest BCUT2D eigenvalue weighted by atomic mass is 9.94. The quantitative estimate of drug-likeness (QED) is 0.624. The van der Waals surface area contributed by atoms with E-state index in [1.165, 1.54) is 0 Å². The highest BCUT2D eigenvalue weighted by molar-refractivity contribution is 5.99. The Bertz CT molecular complexity index is 336. The minimum absolute atomic E-state index is 0.318. The number of hydrogen-bond donors (Lipinski definition) is 1. The summed E-state index contributed by atoms with van der Waals surface area (Å²) >= 11 is 0. The van der Waals surface area contributed by atoms with Crippen LogP contribution >= 0.6 is 0 Å². The molecule has 0 atom stereocenters. The monoisotopic (exact) mass is 163 g/mol. The Hall–Kier alpha value is -1.05. The standard InChI is InChI=1S/C10H13NO/c1-6-7(2)11-8-4-3-5-9(12)10(6)8/h11H,3-5H2,1-2H3. The van der Waals surface area contributed by atoms with Gasteiger partial charge in [-0.25, -0.2) is 0 Å². The van der Waals surface area contributed by atoms with Gasteiger partial charge in [0, 0.05) is 23.4 Å². The highest BCUT2D eigenvalue weighted by atomic mass is 16.1. The zero-order valence-electron chi connectivity index (χ0n) is 7.53. The first kappa shape index (κ1) is 7.59. The highest BCUT2D eigenvalue weighted by Gasteiger charge is 2.21. The molecule has 1 N–H and O–H groups in total. The number of aromatic nitrogens is 1. The van der Waals surface area contributed by atoms with Gasteiger partial charge in [-0.05, 0) is 32.3 Å². The Morgan fingerprint density at radius 3 is 2.67 bits per heavy atom. The number of ketones is 1. The van der Waals surface area contributed by atoms with Crippen molar-refractivity contribution in [2.75, 3.05) is 0 Å². The van der Waals surface area contributed by atoms with Gasteiger partial charge in [0.2, 0.25) is 0 Å². The first-order valence-electron chi connectivity index (χ1n) is 4.41. The molecule has 0 aromatic carbocycles. The van der Waals surface area contributed by atoms with Crippen molar-refractivity contribution in [1.29, 1.82) is 0 Å². The van der Waals surface area contributed by atoms with Crippen molar-refractivity contribution >= 4 is 5.78 Å². The van der Waals surface area contributed by atoms with Crippen LogP contribution in [0.4, 0.5) is 0 Å². The first-order chi connectivity index (χ1) is 5.70. The van der Waals surface area contributed by atoms with E-state index in [-0.39, 0.29) is 0 Å². The molecule has 1 aromatic heterocycles. The molecule has 12 heavy (non-hydrogen) atoms. The molecule has 1 aromatic rings. The average molecular weight is 163 g/mol. The van der Waals surface area contributed by atoms with Crippen LogP contribution in [0.2, 0.25) is 0 Å². The fraction of sp³-hybridized carbons (Fsp3) is 0.500. The van der Waals surface area contributed by atoms with E-state index in [1.54, 1.807) is 0 Å². The van der Waals surface area contributed by atoms with E-state index in [1.807, 2.05) is 13.8 Å². The third-order valence-corrected chi connectivity index (χ3v) is 2.69. The number of aromatic amines is 1. The second kappa shape index (κ2) is 2.47. The molecule has 0 bridgehead atoms. The van der Waals surface area contributed by atoms with E-state index in [2.05, 4.69) is 4.98 Å². The number of H-pyrrole nitrogens is 1. The zero-order valence-corrected chi connectivity index (χ0v) is 7.53. The Morgan fingerprint density at radius 1 is 1.25 bits per heavy atom. The van der Waals surface area contributed by atoms with Crippen LogP contribution < -0.4 is 0 Å². The lowest BCUT2D eigenvalue weighted by molar-refractivity contribution is 0.0972. The van der Waals surface area contributed by atoms with Crippen molar-refractivity contribution in [3.05, 3.63) is 22.5 Å². The Morgan fingerprint density at radius 2 is 2.00 bits per heavy atom. The summed E-state index contributed by atoms with van der Waals surface area (Å²) in [6, 6.07) is 0. The molecule has 0 aliphatic heterocycles. The summed E-state index contributed by atoms with van der Waals surface area (Å²) in [6.45, 7) is 4.05. The number of fused-ring (bicyclic) bond motifs is 1. The number of carbonyl (C=O) groups is 1. The molecule has 0 saturated heterocycles. The molecule has 1 heterocycles. The van der Waals surface area contributed by atoms with Crippen molar-refractivity contribution in [2.24, 2.45) is 0 Å². The van der Waals surface area contributed by atoms with Gasteiger partial charge in [-0.3, -0.25) is 4.79 Å². The summed E-state index contributed by atoms with van der Waals surface area (Å²) in [5, 5.41) is 0. The van der Waals surface area contributed by atoms with Gasteiger partial charge in [0.1, 0.15) is 0 Å². The fourth-order valence-corrected chi connectivity index (χ4v) is 1.91. The molecule has 0 spiro atoms. The molecule has 0 saturated carbocycles. The summed E-state index contributed by atoms with van der Waals surface area (Å²) in [7, 11) is 0. The average Bonchev–Trinajstić information content (AvgIpc) is 2.29. The van der Waals surface area contributed by atoms with Crippen molar-refractivity contribution in [1.82, 2.24) is 4.98 Å². The molecule has 2 nitrogen and oxygen atoms in total. The topological polar surface area (TPSA) is 32.9 Å². The number of nitrogens with one attached hydrogen (secondary N) is 1. The summed E-state index contributed by atoms with van der Waals surface area (Å²) in [6.07, 6.45) is 2.77. The second-order valence-electron chi connectivity index (χ2n) is 3.51. The molecular formula is C10H13NO. The lowest BCUT2D eigenvalue weighted by Crippen LogP contribution is -2.09. The predicted octanol–water partition coefficient (Wildman–Crippen LogP) is 2.15. The Labute approximate surface area is 72.0 Å². The zero-order chi connectivity index (χ0) is 8.72. The lowest BCUT2D eigenvalue weighted by Gasteiger charge is -2.09. The van der Waals surface area contributed by atoms with E-state index in [4.69, 9.17) is 0 Å². The van der Waals surface area contributed by atoms with Gasteiger partial charge in [-0.15, -0.1) is 0 Å². The SMILES string of the molecule is Cc1[nH]c2c(c1C)C(=O)CCC2. The number of rotatable bonds is 0. The normalized spacial score (nSPS) is 16.3. The molecule has 0 fully saturated rings. The van der Waals surface area contributed by atoms with Crippen molar-refractivity contribution in [2.45, 2.75) is 33.1 Å². The van der Waals surface area contributed by atoms with E-state index in [9.17, 15) is 4.79 Å². The smallest absolute Gasteiger partial charge is 0.164 e. The van der Waals surface area contributed by atoms with E-state index in [0.29, 0.717) is 5.78 Å². The summed E-state index contributed by atoms with van der Waals surface area (Å²) in [5.41, 5.74) is 4.42. The van der Waals surface area contributed by atoms with Gasteiger partial charge in [-0.1, -0.05) is 0 Å². The number of hydrogen-bond acceptors (Lipinski definition) is 1. The van der Waals surface area contributed by atoms with Gasteiger partial charge in [-0.2, -0.15) is 0 Å². The molecule has 0 amide bonds. The number of aryl methyl sites for hydroxylation is 2. The number of carbonyl (C=O) groups excluding carboxylic acids is 1. The summed E-state index contributed by atoms with van der Waals surface area (Å²) < 4.78 is 0. The molecule has 2 heteroatoms. The highest BCUT2D eigenvalue weighted by Crippen LogP contribution is 2.25.